The molecular formula is C15H15FN4O2. The first-order chi connectivity index (χ1) is 10.7. The number of aromatic nitrogens is 2. The second-order valence-electron chi connectivity index (χ2n) is 5.80. The number of nitrogens with one attached hydrogen (secondary N) is 1. The smallest absolute Gasteiger partial charge is 0.321 e. The Morgan fingerprint density at radius 3 is 2.64 bits per heavy atom. The van der Waals surface area contributed by atoms with E-state index in [1.165, 1.54) is 24.3 Å². The van der Waals surface area contributed by atoms with Crippen LogP contribution in [-0.2, 0) is 0 Å². The summed E-state index contributed by atoms with van der Waals surface area (Å²) in [6.07, 6.45) is 2.27. The summed E-state index contributed by atoms with van der Waals surface area (Å²) in [6.45, 7) is 1.11. The number of rotatable bonds is 3. The van der Waals surface area contributed by atoms with Crippen LogP contribution in [0.2, 0.25) is 0 Å². The third-order valence-electron chi connectivity index (χ3n) is 4.01. The fourth-order valence-corrected chi connectivity index (χ4v) is 2.46. The molecule has 2 heterocycles. The van der Waals surface area contributed by atoms with Gasteiger partial charge in [0, 0.05) is 24.7 Å². The average molecular weight is 302 g/mol. The van der Waals surface area contributed by atoms with Gasteiger partial charge in [0.2, 0.25) is 5.89 Å². The standard InChI is InChI=1S/C15H15FN4O2/c16-11-3-5-12(6-4-11)17-15(21)20-7-10(8-20)14-18-13(19-22-14)9-1-2-9/h3-6,9-10H,1-2,7-8H2,(H,17,21). The second kappa shape index (κ2) is 5.08. The first-order valence-corrected chi connectivity index (χ1v) is 7.34. The highest BCUT2D eigenvalue weighted by Gasteiger charge is 2.37. The van der Waals surface area contributed by atoms with Crippen molar-refractivity contribution in [1.29, 1.82) is 0 Å². The number of nitrogens with zero attached hydrogens (tertiary/aromatic N) is 3. The van der Waals surface area contributed by atoms with E-state index in [1.807, 2.05) is 0 Å². The Kier molecular flexibility index (Phi) is 3.06. The second-order valence-corrected chi connectivity index (χ2v) is 5.80. The van der Waals surface area contributed by atoms with Crippen LogP contribution in [0.25, 0.3) is 0 Å². The van der Waals surface area contributed by atoms with Gasteiger partial charge in [-0.3, -0.25) is 0 Å². The van der Waals surface area contributed by atoms with Gasteiger partial charge in [-0.2, -0.15) is 4.98 Å². The van der Waals surface area contributed by atoms with Gasteiger partial charge in [0.25, 0.3) is 0 Å². The SMILES string of the molecule is O=C(Nc1ccc(F)cc1)N1CC(c2nc(C3CC3)no2)C1. The van der Waals surface area contributed by atoms with E-state index in [4.69, 9.17) is 4.52 Å². The molecule has 2 fully saturated rings. The predicted molar refractivity (Wildman–Crippen MR) is 76.0 cm³/mol. The molecule has 0 spiro atoms. The maximum atomic E-state index is 12.8. The van der Waals surface area contributed by atoms with Crippen LogP contribution in [0, 0.1) is 5.82 Å². The predicted octanol–water partition coefficient (Wildman–Crippen LogP) is 2.72. The van der Waals surface area contributed by atoms with Crippen molar-refractivity contribution in [3.63, 3.8) is 0 Å². The highest BCUT2D eigenvalue weighted by Crippen LogP contribution is 2.39. The average Bonchev–Trinajstić information content (AvgIpc) is 3.20. The van der Waals surface area contributed by atoms with Crippen LogP contribution in [0.4, 0.5) is 14.9 Å². The monoisotopic (exact) mass is 302 g/mol. The molecule has 7 heteroatoms. The Hall–Kier alpha value is -2.44. The van der Waals surface area contributed by atoms with Gasteiger partial charge in [0.05, 0.1) is 5.92 Å². The summed E-state index contributed by atoms with van der Waals surface area (Å²) >= 11 is 0. The minimum absolute atomic E-state index is 0.110. The van der Waals surface area contributed by atoms with Crippen molar-refractivity contribution >= 4 is 11.7 Å². The van der Waals surface area contributed by atoms with Gasteiger partial charge in [-0.15, -0.1) is 0 Å². The third-order valence-corrected chi connectivity index (χ3v) is 4.01. The van der Waals surface area contributed by atoms with Crippen molar-refractivity contribution in [2.75, 3.05) is 18.4 Å². The van der Waals surface area contributed by atoms with Crippen molar-refractivity contribution in [2.45, 2.75) is 24.7 Å². The molecule has 1 saturated carbocycles. The Morgan fingerprint density at radius 1 is 1.23 bits per heavy atom. The lowest BCUT2D eigenvalue weighted by atomic mass is 10.0. The quantitative estimate of drug-likeness (QED) is 0.946. The van der Waals surface area contributed by atoms with Crippen LogP contribution in [-0.4, -0.2) is 34.2 Å². The molecule has 1 saturated heterocycles. The van der Waals surface area contributed by atoms with Gasteiger partial charge in [-0.25, -0.2) is 9.18 Å². The van der Waals surface area contributed by atoms with E-state index < -0.39 is 0 Å². The van der Waals surface area contributed by atoms with E-state index in [1.54, 1.807) is 4.90 Å². The number of carbonyl (C=O) groups excluding carboxylic acids is 1. The molecule has 0 atom stereocenters. The summed E-state index contributed by atoms with van der Waals surface area (Å²) in [5.41, 5.74) is 0.573. The van der Waals surface area contributed by atoms with Gasteiger partial charge in [-0.05, 0) is 37.1 Å². The first kappa shape index (κ1) is 13.2. The lowest BCUT2D eigenvalue weighted by Crippen LogP contribution is -2.50. The molecule has 1 aromatic carbocycles. The van der Waals surface area contributed by atoms with E-state index in [2.05, 4.69) is 15.5 Å². The third kappa shape index (κ3) is 2.54. The summed E-state index contributed by atoms with van der Waals surface area (Å²) in [5, 5.41) is 6.72. The van der Waals surface area contributed by atoms with Crippen LogP contribution in [0.5, 0.6) is 0 Å². The van der Waals surface area contributed by atoms with E-state index in [9.17, 15) is 9.18 Å². The fourth-order valence-electron chi connectivity index (χ4n) is 2.46. The van der Waals surface area contributed by atoms with Crippen molar-refractivity contribution in [2.24, 2.45) is 0 Å². The van der Waals surface area contributed by atoms with E-state index in [-0.39, 0.29) is 17.8 Å². The van der Waals surface area contributed by atoms with E-state index in [0.717, 1.165) is 18.7 Å². The molecule has 1 N–H and O–H groups in total. The number of amides is 2. The summed E-state index contributed by atoms with van der Waals surface area (Å²) in [4.78, 5) is 18.1. The topological polar surface area (TPSA) is 71.3 Å². The van der Waals surface area contributed by atoms with Crippen molar-refractivity contribution in [1.82, 2.24) is 15.0 Å². The molecule has 2 aromatic rings. The molecule has 1 aliphatic heterocycles. The van der Waals surface area contributed by atoms with Crippen LogP contribution >= 0.6 is 0 Å². The minimum Gasteiger partial charge on any atom is -0.339 e. The Balaban J connectivity index is 1.32. The van der Waals surface area contributed by atoms with Crippen molar-refractivity contribution < 1.29 is 13.7 Å². The van der Waals surface area contributed by atoms with E-state index in [0.29, 0.717) is 30.6 Å². The van der Waals surface area contributed by atoms with Crippen molar-refractivity contribution in [3.8, 4) is 0 Å². The van der Waals surface area contributed by atoms with Gasteiger partial charge in [0.15, 0.2) is 5.82 Å². The lowest BCUT2D eigenvalue weighted by Gasteiger charge is -2.36. The zero-order valence-electron chi connectivity index (χ0n) is 11.8. The molecule has 114 valence electrons. The minimum atomic E-state index is -0.329. The first-order valence-electron chi connectivity index (χ1n) is 7.34. The number of hydrogen-bond donors (Lipinski definition) is 1. The van der Waals surface area contributed by atoms with Gasteiger partial charge in [-0.1, -0.05) is 5.16 Å². The molecule has 1 aliphatic carbocycles. The van der Waals surface area contributed by atoms with Gasteiger partial charge >= 0.3 is 6.03 Å². The number of hydrogen-bond acceptors (Lipinski definition) is 4. The molecule has 2 amide bonds. The molecule has 0 radical (unpaired) electrons. The molecule has 0 unspecified atom stereocenters. The van der Waals surface area contributed by atoms with Crippen molar-refractivity contribution in [3.05, 3.63) is 41.8 Å². The maximum absolute atomic E-state index is 12.8. The van der Waals surface area contributed by atoms with E-state index >= 15 is 0 Å². The number of halogens is 1. The molecule has 1 aromatic heterocycles. The Morgan fingerprint density at radius 2 is 1.95 bits per heavy atom. The van der Waals surface area contributed by atoms with Gasteiger partial charge in [0.1, 0.15) is 5.82 Å². The molecule has 0 bridgehead atoms. The summed E-state index contributed by atoms with van der Waals surface area (Å²) < 4.78 is 18.1. The highest BCUT2D eigenvalue weighted by atomic mass is 19.1. The van der Waals surface area contributed by atoms with Crippen LogP contribution in [0.1, 0.15) is 36.4 Å². The Labute approximate surface area is 126 Å². The van der Waals surface area contributed by atoms with Crippen LogP contribution in [0.3, 0.4) is 0 Å². The largest absolute Gasteiger partial charge is 0.339 e. The summed E-state index contributed by atoms with van der Waals surface area (Å²) in [6, 6.07) is 5.48. The molecule has 22 heavy (non-hydrogen) atoms. The number of carbonyl (C=O) groups is 1. The molecule has 6 nitrogen and oxygen atoms in total. The number of benzene rings is 1. The summed E-state index contributed by atoms with van der Waals surface area (Å²) in [7, 11) is 0. The maximum Gasteiger partial charge on any atom is 0.321 e. The number of likely N-dealkylation sites (tertiary alicyclic amines) is 1. The van der Waals surface area contributed by atoms with Crippen LogP contribution < -0.4 is 5.32 Å². The zero-order chi connectivity index (χ0) is 15.1. The van der Waals surface area contributed by atoms with Gasteiger partial charge < -0.3 is 14.7 Å². The fraction of sp³-hybridized carbons (Fsp3) is 0.400. The molecular weight excluding hydrogens is 287 g/mol. The van der Waals surface area contributed by atoms with Crippen LogP contribution in [0.15, 0.2) is 28.8 Å². The lowest BCUT2D eigenvalue weighted by molar-refractivity contribution is 0.147. The Bertz CT molecular complexity index is 690. The number of anilines is 1. The highest BCUT2D eigenvalue weighted by molar-refractivity contribution is 5.89. The normalized spacial score (nSPS) is 18.1. The molecule has 2 aliphatic rings. The zero-order valence-corrected chi connectivity index (χ0v) is 11.8. The molecule has 4 rings (SSSR count). The number of urea groups is 1. The summed E-state index contributed by atoms with van der Waals surface area (Å²) in [5.74, 6) is 1.66.